The minimum absolute atomic E-state index is 0.111. The van der Waals surface area contributed by atoms with Gasteiger partial charge < -0.3 is 14.8 Å². The Kier molecular flexibility index (Phi) is 8.16. The van der Waals surface area contributed by atoms with Crippen LogP contribution < -0.4 is 14.8 Å². The van der Waals surface area contributed by atoms with E-state index in [1.807, 2.05) is 19.1 Å². The van der Waals surface area contributed by atoms with Gasteiger partial charge in [0.05, 0.1) is 23.8 Å². The van der Waals surface area contributed by atoms with E-state index in [9.17, 15) is 15.3 Å². The van der Waals surface area contributed by atoms with Crippen LogP contribution >= 0.6 is 23.2 Å². The summed E-state index contributed by atoms with van der Waals surface area (Å²) in [6, 6.07) is 19.4. The number of carbonyl (C=O) groups is 1. The molecule has 0 radical (unpaired) electrons. The molecule has 34 heavy (non-hydrogen) atoms. The number of carbonyl (C=O) groups excluding carboxylic acids is 1. The second kappa shape index (κ2) is 11.2. The van der Waals surface area contributed by atoms with Gasteiger partial charge in [0.15, 0.2) is 11.5 Å². The van der Waals surface area contributed by atoms with Crippen molar-refractivity contribution in [3.05, 3.63) is 92.5 Å². The number of nitrogens with zero attached hydrogens (tertiary/aromatic N) is 2. The van der Waals surface area contributed by atoms with Gasteiger partial charge in [0.2, 0.25) is 0 Å². The quantitative estimate of drug-likeness (QED) is 0.308. The van der Waals surface area contributed by atoms with Crippen molar-refractivity contribution in [1.82, 2.24) is 0 Å². The van der Waals surface area contributed by atoms with E-state index in [1.54, 1.807) is 48.5 Å². The molecule has 0 fully saturated rings. The number of halogens is 2. The standard InChI is InChI=1S/C26H19Cl2N3O3/c1-16-7-8-21(27)12-23(16)31-26(32)20(14-30)9-17-10-22(28)25(24(11-17)33-2)34-15-19-6-4-3-5-18(19)13-29/h3-12H,15H2,1-2H3,(H,31,32)/b20-9+. The summed E-state index contributed by atoms with van der Waals surface area (Å²) in [6.45, 7) is 1.93. The van der Waals surface area contributed by atoms with Gasteiger partial charge >= 0.3 is 0 Å². The third kappa shape index (κ3) is 5.88. The number of hydrogen-bond acceptors (Lipinski definition) is 5. The Morgan fingerprint density at radius 1 is 1.12 bits per heavy atom. The van der Waals surface area contributed by atoms with Gasteiger partial charge in [-0.25, -0.2) is 0 Å². The monoisotopic (exact) mass is 491 g/mol. The molecule has 170 valence electrons. The van der Waals surface area contributed by atoms with Gasteiger partial charge in [0, 0.05) is 16.3 Å². The zero-order chi connectivity index (χ0) is 24.7. The summed E-state index contributed by atoms with van der Waals surface area (Å²) in [5.41, 5.74) is 2.86. The minimum Gasteiger partial charge on any atom is -0.493 e. The molecule has 0 aliphatic rings. The van der Waals surface area contributed by atoms with Gasteiger partial charge in [-0.3, -0.25) is 4.79 Å². The van der Waals surface area contributed by atoms with E-state index in [0.29, 0.717) is 33.1 Å². The maximum absolute atomic E-state index is 12.7. The van der Waals surface area contributed by atoms with Crippen molar-refractivity contribution >= 4 is 40.9 Å². The zero-order valence-electron chi connectivity index (χ0n) is 18.4. The molecule has 0 aliphatic heterocycles. The number of ether oxygens (including phenoxy) is 2. The number of amides is 1. The lowest BCUT2D eigenvalue weighted by Gasteiger charge is -2.14. The van der Waals surface area contributed by atoms with Crippen LogP contribution in [0, 0.1) is 29.6 Å². The summed E-state index contributed by atoms with van der Waals surface area (Å²) < 4.78 is 11.2. The van der Waals surface area contributed by atoms with E-state index >= 15 is 0 Å². The first kappa shape index (κ1) is 24.7. The SMILES string of the molecule is COc1cc(/C=C(\C#N)C(=O)Nc2cc(Cl)ccc2C)cc(Cl)c1OCc1ccccc1C#N. The van der Waals surface area contributed by atoms with Gasteiger partial charge in [0.1, 0.15) is 18.2 Å². The highest BCUT2D eigenvalue weighted by Crippen LogP contribution is 2.37. The normalized spacial score (nSPS) is 10.7. The lowest BCUT2D eigenvalue weighted by atomic mass is 10.1. The zero-order valence-corrected chi connectivity index (χ0v) is 19.9. The average Bonchev–Trinajstić information content (AvgIpc) is 2.83. The molecule has 0 saturated carbocycles. The Morgan fingerprint density at radius 2 is 1.88 bits per heavy atom. The number of nitrogens with one attached hydrogen (secondary N) is 1. The van der Waals surface area contributed by atoms with E-state index in [0.717, 1.165) is 5.56 Å². The topological polar surface area (TPSA) is 95.1 Å². The van der Waals surface area contributed by atoms with Crippen LogP contribution in [-0.4, -0.2) is 13.0 Å². The van der Waals surface area contributed by atoms with Crippen LogP contribution in [0.2, 0.25) is 10.0 Å². The van der Waals surface area contributed by atoms with Gasteiger partial charge in [0.25, 0.3) is 5.91 Å². The van der Waals surface area contributed by atoms with Gasteiger partial charge in [-0.15, -0.1) is 0 Å². The molecule has 3 rings (SSSR count). The predicted octanol–water partition coefficient (Wildman–Crippen LogP) is 6.31. The molecule has 1 amide bonds. The molecular weight excluding hydrogens is 473 g/mol. The summed E-state index contributed by atoms with van der Waals surface area (Å²) >= 11 is 12.4. The fraction of sp³-hybridized carbons (Fsp3) is 0.115. The van der Waals surface area contributed by atoms with Crippen LogP contribution in [0.1, 0.15) is 22.3 Å². The Morgan fingerprint density at radius 3 is 2.59 bits per heavy atom. The molecule has 0 bridgehead atoms. The van der Waals surface area contributed by atoms with Crippen LogP contribution in [0.25, 0.3) is 6.08 Å². The number of methoxy groups -OCH3 is 1. The van der Waals surface area contributed by atoms with Gasteiger partial charge in [-0.2, -0.15) is 10.5 Å². The number of aryl methyl sites for hydroxylation is 1. The fourth-order valence-corrected chi connectivity index (χ4v) is 3.55. The Balaban J connectivity index is 1.85. The highest BCUT2D eigenvalue weighted by atomic mass is 35.5. The highest BCUT2D eigenvalue weighted by molar-refractivity contribution is 6.32. The molecule has 1 N–H and O–H groups in total. The van der Waals surface area contributed by atoms with Crippen LogP contribution in [0.5, 0.6) is 11.5 Å². The number of nitriles is 2. The second-order valence-electron chi connectivity index (χ2n) is 7.17. The molecular formula is C26H19Cl2N3O3. The van der Waals surface area contributed by atoms with Crippen molar-refractivity contribution in [3.63, 3.8) is 0 Å². The first-order chi connectivity index (χ1) is 16.4. The molecule has 3 aromatic rings. The first-order valence-corrected chi connectivity index (χ1v) is 10.8. The molecule has 0 spiro atoms. The number of anilines is 1. The van der Waals surface area contributed by atoms with E-state index in [2.05, 4.69) is 11.4 Å². The Hall–Kier alpha value is -3.97. The maximum atomic E-state index is 12.7. The molecule has 0 atom stereocenters. The van der Waals surface area contributed by atoms with Crippen molar-refractivity contribution in [2.24, 2.45) is 0 Å². The number of rotatable bonds is 7. The van der Waals surface area contributed by atoms with Crippen molar-refractivity contribution in [1.29, 1.82) is 10.5 Å². The van der Waals surface area contributed by atoms with Gasteiger partial charge in [-0.05, 0) is 54.5 Å². The van der Waals surface area contributed by atoms with Crippen LogP contribution in [-0.2, 0) is 11.4 Å². The first-order valence-electron chi connectivity index (χ1n) is 10.0. The Labute approximate surface area is 207 Å². The number of benzene rings is 3. The molecule has 0 aliphatic carbocycles. The number of hydrogen-bond donors (Lipinski definition) is 1. The van der Waals surface area contributed by atoms with E-state index in [4.69, 9.17) is 32.7 Å². The molecule has 6 nitrogen and oxygen atoms in total. The molecule has 0 aromatic heterocycles. The lowest BCUT2D eigenvalue weighted by Crippen LogP contribution is -2.14. The molecule has 0 saturated heterocycles. The van der Waals surface area contributed by atoms with E-state index < -0.39 is 5.91 Å². The third-order valence-corrected chi connectivity index (χ3v) is 5.40. The maximum Gasteiger partial charge on any atom is 0.266 e. The van der Waals surface area contributed by atoms with Crippen molar-refractivity contribution in [2.45, 2.75) is 13.5 Å². The largest absolute Gasteiger partial charge is 0.493 e. The van der Waals surface area contributed by atoms with Crippen LogP contribution in [0.4, 0.5) is 5.69 Å². The Bertz CT molecular complexity index is 1350. The van der Waals surface area contributed by atoms with E-state index in [-0.39, 0.29) is 23.0 Å². The summed E-state index contributed by atoms with van der Waals surface area (Å²) in [5.74, 6) is 0.0135. The predicted molar refractivity (Wildman–Crippen MR) is 132 cm³/mol. The van der Waals surface area contributed by atoms with Crippen molar-refractivity contribution in [3.8, 4) is 23.6 Å². The lowest BCUT2D eigenvalue weighted by molar-refractivity contribution is -0.112. The third-order valence-electron chi connectivity index (χ3n) is 4.89. The smallest absolute Gasteiger partial charge is 0.266 e. The summed E-state index contributed by atoms with van der Waals surface area (Å²) in [6.07, 6.45) is 1.40. The summed E-state index contributed by atoms with van der Waals surface area (Å²) in [7, 11) is 1.45. The highest BCUT2D eigenvalue weighted by Gasteiger charge is 2.16. The van der Waals surface area contributed by atoms with Crippen LogP contribution in [0.15, 0.2) is 60.2 Å². The van der Waals surface area contributed by atoms with E-state index in [1.165, 1.54) is 13.2 Å². The fourth-order valence-electron chi connectivity index (χ4n) is 3.10. The van der Waals surface area contributed by atoms with Crippen molar-refractivity contribution < 1.29 is 14.3 Å². The molecule has 8 heteroatoms. The summed E-state index contributed by atoms with van der Waals surface area (Å²) in [5, 5.41) is 22.2. The van der Waals surface area contributed by atoms with Crippen molar-refractivity contribution in [2.75, 3.05) is 12.4 Å². The molecule has 0 unspecified atom stereocenters. The summed E-state index contributed by atoms with van der Waals surface area (Å²) in [4.78, 5) is 12.7. The van der Waals surface area contributed by atoms with Gasteiger partial charge in [-0.1, -0.05) is 47.5 Å². The average molecular weight is 492 g/mol. The molecule has 0 heterocycles. The molecule has 3 aromatic carbocycles. The second-order valence-corrected chi connectivity index (χ2v) is 8.02. The van der Waals surface area contributed by atoms with Crippen LogP contribution in [0.3, 0.4) is 0 Å². The minimum atomic E-state index is -0.587.